The van der Waals surface area contributed by atoms with Crippen molar-refractivity contribution >= 4 is 40.5 Å². The van der Waals surface area contributed by atoms with E-state index in [0.29, 0.717) is 27.5 Å². The highest BCUT2D eigenvalue weighted by Gasteiger charge is 2.10. The molecule has 0 radical (unpaired) electrons. The van der Waals surface area contributed by atoms with Crippen LogP contribution in [-0.2, 0) is 0 Å². The van der Waals surface area contributed by atoms with E-state index < -0.39 is 5.76 Å². The first-order valence-electron chi connectivity index (χ1n) is 5.82. The number of alkyl halides is 2. The molecule has 0 atom stereocenters. The Kier molecular flexibility index (Phi) is 5.31. The Morgan fingerprint density at radius 2 is 1.60 bits per heavy atom. The third kappa shape index (κ3) is 4.47. The molecular formula is C14H12F2N2S2. The molecule has 0 aliphatic heterocycles. The summed E-state index contributed by atoms with van der Waals surface area (Å²) in [5, 5.41) is 6.28. The lowest BCUT2D eigenvalue weighted by Crippen LogP contribution is -2.19. The summed E-state index contributed by atoms with van der Waals surface area (Å²) in [7, 11) is 0. The van der Waals surface area contributed by atoms with E-state index in [4.69, 9.17) is 12.2 Å². The van der Waals surface area contributed by atoms with E-state index in [-0.39, 0.29) is 0 Å². The molecule has 6 heteroatoms. The third-order valence-corrected chi connectivity index (χ3v) is 3.38. The fourth-order valence-electron chi connectivity index (χ4n) is 1.57. The second-order valence-corrected chi connectivity index (χ2v) is 5.26. The Morgan fingerprint density at radius 3 is 2.30 bits per heavy atom. The van der Waals surface area contributed by atoms with Crippen LogP contribution in [0.2, 0.25) is 0 Å². The average molecular weight is 310 g/mol. The lowest BCUT2D eigenvalue weighted by molar-refractivity contribution is 0.252. The minimum atomic E-state index is -2.46. The molecule has 2 rings (SSSR count). The fraction of sp³-hybridized carbons (Fsp3) is 0.0714. The highest BCUT2D eigenvalue weighted by molar-refractivity contribution is 7.99. The molecule has 0 aromatic heterocycles. The van der Waals surface area contributed by atoms with Crippen LogP contribution in [0.5, 0.6) is 0 Å². The molecule has 0 heterocycles. The number of para-hydroxylation sites is 2. The number of halogens is 2. The van der Waals surface area contributed by atoms with Crippen LogP contribution in [0.3, 0.4) is 0 Å². The van der Waals surface area contributed by atoms with Gasteiger partial charge < -0.3 is 10.6 Å². The maximum atomic E-state index is 12.5. The highest BCUT2D eigenvalue weighted by Crippen LogP contribution is 2.31. The first-order chi connectivity index (χ1) is 9.65. The van der Waals surface area contributed by atoms with Gasteiger partial charge in [-0.3, -0.25) is 0 Å². The SMILES string of the molecule is FC(F)Sc1ccccc1NC(=S)Nc1ccccc1. The molecule has 0 aliphatic rings. The van der Waals surface area contributed by atoms with Crippen molar-refractivity contribution in [2.45, 2.75) is 10.7 Å². The van der Waals surface area contributed by atoms with Crippen LogP contribution in [0.15, 0.2) is 59.5 Å². The monoisotopic (exact) mass is 310 g/mol. The summed E-state index contributed by atoms with van der Waals surface area (Å²) in [4.78, 5) is 0.458. The van der Waals surface area contributed by atoms with Gasteiger partial charge in [-0.2, -0.15) is 8.78 Å². The Bertz CT molecular complexity index is 576. The van der Waals surface area contributed by atoms with Gasteiger partial charge >= 0.3 is 0 Å². The van der Waals surface area contributed by atoms with E-state index in [1.165, 1.54) is 0 Å². The number of nitrogens with one attached hydrogen (secondary N) is 2. The Hall–Kier alpha value is -1.66. The van der Waals surface area contributed by atoms with E-state index in [0.717, 1.165) is 5.69 Å². The van der Waals surface area contributed by atoms with Gasteiger partial charge in [-0.25, -0.2) is 0 Å². The van der Waals surface area contributed by atoms with Gasteiger partial charge in [0, 0.05) is 10.6 Å². The molecule has 0 fully saturated rings. The molecule has 104 valence electrons. The predicted molar refractivity (Wildman–Crippen MR) is 84.6 cm³/mol. The van der Waals surface area contributed by atoms with Crippen LogP contribution < -0.4 is 10.6 Å². The Balaban J connectivity index is 2.04. The maximum absolute atomic E-state index is 12.5. The van der Waals surface area contributed by atoms with Gasteiger partial charge in [-0.05, 0) is 36.5 Å². The van der Waals surface area contributed by atoms with Crippen molar-refractivity contribution in [2.24, 2.45) is 0 Å². The number of thiocarbonyl (C=S) groups is 1. The van der Waals surface area contributed by atoms with Crippen molar-refractivity contribution in [3.63, 3.8) is 0 Å². The lowest BCUT2D eigenvalue weighted by atomic mass is 10.3. The van der Waals surface area contributed by atoms with Crippen molar-refractivity contribution in [3.05, 3.63) is 54.6 Å². The first kappa shape index (κ1) is 14.7. The summed E-state index contributed by atoms with van der Waals surface area (Å²) >= 11 is 5.66. The molecule has 0 amide bonds. The van der Waals surface area contributed by atoms with Crippen LogP contribution in [0, 0.1) is 0 Å². The van der Waals surface area contributed by atoms with E-state index in [1.54, 1.807) is 24.3 Å². The average Bonchev–Trinajstić information content (AvgIpc) is 2.41. The van der Waals surface area contributed by atoms with Crippen LogP contribution in [0.4, 0.5) is 20.2 Å². The number of thioether (sulfide) groups is 1. The molecule has 2 nitrogen and oxygen atoms in total. The van der Waals surface area contributed by atoms with Crippen molar-refractivity contribution in [3.8, 4) is 0 Å². The van der Waals surface area contributed by atoms with Gasteiger partial charge in [0.25, 0.3) is 5.76 Å². The molecule has 0 unspecified atom stereocenters. The van der Waals surface area contributed by atoms with Crippen LogP contribution in [-0.4, -0.2) is 10.9 Å². The zero-order chi connectivity index (χ0) is 14.4. The van der Waals surface area contributed by atoms with Crippen molar-refractivity contribution in [2.75, 3.05) is 10.6 Å². The standard InChI is InChI=1S/C14H12F2N2S2/c15-13(16)20-12-9-5-4-8-11(12)18-14(19)17-10-6-2-1-3-7-10/h1-9,13H,(H2,17,18,19). The lowest BCUT2D eigenvalue weighted by Gasteiger charge is -2.13. The number of rotatable bonds is 4. The van der Waals surface area contributed by atoms with Gasteiger partial charge in [0.1, 0.15) is 0 Å². The minimum absolute atomic E-state index is 0.360. The smallest absolute Gasteiger partial charge is 0.288 e. The quantitative estimate of drug-likeness (QED) is 0.625. The molecule has 20 heavy (non-hydrogen) atoms. The van der Waals surface area contributed by atoms with Crippen molar-refractivity contribution in [1.29, 1.82) is 0 Å². The molecule has 0 saturated heterocycles. The topological polar surface area (TPSA) is 24.1 Å². The van der Waals surface area contributed by atoms with Gasteiger partial charge in [0.05, 0.1) is 5.69 Å². The Labute approximate surface area is 125 Å². The van der Waals surface area contributed by atoms with E-state index in [9.17, 15) is 8.78 Å². The summed E-state index contributed by atoms with van der Waals surface area (Å²) in [5.41, 5.74) is 1.40. The summed E-state index contributed by atoms with van der Waals surface area (Å²) < 4.78 is 24.9. The largest absolute Gasteiger partial charge is 0.332 e. The molecule has 2 aromatic carbocycles. The van der Waals surface area contributed by atoms with E-state index >= 15 is 0 Å². The first-order valence-corrected chi connectivity index (χ1v) is 7.11. The zero-order valence-electron chi connectivity index (χ0n) is 10.3. The fourth-order valence-corrected chi connectivity index (χ4v) is 2.40. The van der Waals surface area contributed by atoms with Crippen LogP contribution >= 0.6 is 24.0 Å². The summed E-state index contributed by atoms with van der Waals surface area (Å²) in [5.74, 6) is -2.46. The molecule has 0 spiro atoms. The second-order valence-electron chi connectivity index (χ2n) is 3.82. The second kappa shape index (κ2) is 7.21. The van der Waals surface area contributed by atoms with Crippen LogP contribution in [0.1, 0.15) is 0 Å². The molecular weight excluding hydrogens is 298 g/mol. The van der Waals surface area contributed by atoms with E-state index in [1.807, 2.05) is 30.3 Å². The Morgan fingerprint density at radius 1 is 0.950 bits per heavy atom. The number of hydrogen-bond acceptors (Lipinski definition) is 2. The highest BCUT2D eigenvalue weighted by atomic mass is 32.2. The summed E-state index contributed by atoms with van der Waals surface area (Å²) in [6.07, 6.45) is 0. The third-order valence-electron chi connectivity index (χ3n) is 2.38. The van der Waals surface area contributed by atoms with Crippen molar-refractivity contribution < 1.29 is 8.78 Å². The number of hydrogen-bond donors (Lipinski definition) is 2. The van der Waals surface area contributed by atoms with Crippen molar-refractivity contribution in [1.82, 2.24) is 0 Å². The predicted octanol–water partition coefficient (Wildman–Crippen LogP) is 4.81. The minimum Gasteiger partial charge on any atom is -0.332 e. The molecule has 2 aromatic rings. The maximum Gasteiger partial charge on any atom is 0.288 e. The number of benzene rings is 2. The summed E-state index contributed by atoms with van der Waals surface area (Å²) in [6.45, 7) is 0. The van der Waals surface area contributed by atoms with E-state index in [2.05, 4.69) is 10.6 Å². The molecule has 0 bridgehead atoms. The number of anilines is 2. The molecule has 2 N–H and O–H groups in total. The van der Waals surface area contributed by atoms with Crippen LogP contribution in [0.25, 0.3) is 0 Å². The van der Waals surface area contributed by atoms with Gasteiger partial charge in [-0.1, -0.05) is 42.1 Å². The van der Waals surface area contributed by atoms with Gasteiger partial charge in [0.15, 0.2) is 5.11 Å². The zero-order valence-corrected chi connectivity index (χ0v) is 12.0. The van der Waals surface area contributed by atoms with Gasteiger partial charge in [-0.15, -0.1) is 0 Å². The molecule has 0 aliphatic carbocycles. The molecule has 0 saturated carbocycles. The summed E-state index contributed by atoms with van der Waals surface area (Å²) in [6, 6.07) is 16.2. The van der Waals surface area contributed by atoms with Gasteiger partial charge in [0.2, 0.25) is 0 Å². The normalized spacial score (nSPS) is 10.3.